The summed E-state index contributed by atoms with van der Waals surface area (Å²) in [5.74, 6) is 0.596. The van der Waals surface area contributed by atoms with Crippen molar-refractivity contribution < 1.29 is 13.9 Å². The number of ketones is 1. The molecule has 0 bridgehead atoms. The topological polar surface area (TPSA) is 69.9 Å². The first-order chi connectivity index (χ1) is 11.5. The number of carbonyl (C=O) groups is 1. The molecular weight excluding hydrogens is 311 g/mol. The van der Waals surface area contributed by atoms with Gasteiger partial charge in [0.05, 0.1) is 17.5 Å². The van der Waals surface area contributed by atoms with Gasteiger partial charge in [-0.2, -0.15) is 10.1 Å². The van der Waals surface area contributed by atoms with Crippen molar-refractivity contribution in [3.05, 3.63) is 59.4 Å². The molecule has 0 spiro atoms. The van der Waals surface area contributed by atoms with Crippen LogP contribution >= 0.6 is 0 Å². The van der Waals surface area contributed by atoms with Gasteiger partial charge in [-0.3, -0.25) is 4.79 Å². The Morgan fingerprint density at radius 2 is 1.96 bits per heavy atom. The minimum absolute atomic E-state index is 0.0724. The highest BCUT2D eigenvalue weighted by atomic mass is 19.1. The van der Waals surface area contributed by atoms with Crippen molar-refractivity contribution >= 4 is 5.78 Å². The Hall–Kier alpha value is -3.09. The summed E-state index contributed by atoms with van der Waals surface area (Å²) in [6, 6.07) is 7.61. The molecule has 7 heteroatoms. The van der Waals surface area contributed by atoms with Crippen molar-refractivity contribution in [3.8, 4) is 17.4 Å². The van der Waals surface area contributed by atoms with Crippen LogP contribution < -0.4 is 4.74 Å². The molecule has 0 amide bonds. The fraction of sp³-hybridized carbons (Fsp3) is 0.176. The van der Waals surface area contributed by atoms with Crippen LogP contribution in [-0.2, 0) is 0 Å². The summed E-state index contributed by atoms with van der Waals surface area (Å²) in [5, 5.41) is 4.19. The van der Waals surface area contributed by atoms with E-state index >= 15 is 0 Å². The Balaban J connectivity index is 2.01. The highest BCUT2D eigenvalue weighted by Gasteiger charge is 2.14. The third kappa shape index (κ3) is 3.01. The third-order valence-electron chi connectivity index (χ3n) is 3.46. The van der Waals surface area contributed by atoms with Gasteiger partial charge in [0.15, 0.2) is 23.2 Å². The zero-order valence-electron chi connectivity index (χ0n) is 13.4. The third-order valence-corrected chi connectivity index (χ3v) is 3.46. The second-order valence-corrected chi connectivity index (χ2v) is 5.26. The van der Waals surface area contributed by atoms with E-state index in [1.807, 2.05) is 0 Å². The maximum Gasteiger partial charge on any atom is 0.224 e. The Morgan fingerprint density at radius 3 is 2.62 bits per heavy atom. The van der Waals surface area contributed by atoms with Crippen LogP contribution in [0.2, 0.25) is 0 Å². The van der Waals surface area contributed by atoms with Gasteiger partial charge in [-0.15, -0.1) is 0 Å². The van der Waals surface area contributed by atoms with E-state index in [0.29, 0.717) is 22.9 Å². The molecule has 0 unspecified atom stereocenters. The lowest BCUT2D eigenvalue weighted by Gasteiger charge is -2.09. The van der Waals surface area contributed by atoms with Crippen molar-refractivity contribution in [3.63, 3.8) is 0 Å². The van der Waals surface area contributed by atoms with Crippen molar-refractivity contribution in [2.24, 2.45) is 0 Å². The molecule has 0 fully saturated rings. The molecule has 122 valence electrons. The van der Waals surface area contributed by atoms with E-state index in [4.69, 9.17) is 4.74 Å². The molecule has 0 aliphatic heterocycles. The standard InChI is InChI=1S/C17H15FN4O2/c1-10-13(11(2)23)9-19-22(10)16-8-17(21-12(3)20-16)24-15-7-5-4-6-14(15)18/h4-9H,1-3H3. The number of rotatable bonds is 4. The van der Waals surface area contributed by atoms with Crippen LogP contribution in [0, 0.1) is 19.7 Å². The minimum Gasteiger partial charge on any atom is -0.436 e. The van der Waals surface area contributed by atoms with Gasteiger partial charge in [-0.25, -0.2) is 14.1 Å². The number of hydrogen-bond donors (Lipinski definition) is 0. The Morgan fingerprint density at radius 1 is 1.21 bits per heavy atom. The molecule has 24 heavy (non-hydrogen) atoms. The Labute approximate surface area is 137 Å². The zero-order chi connectivity index (χ0) is 17.3. The normalized spacial score (nSPS) is 10.7. The maximum absolute atomic E-state index is 13.7. The number of nitrogens with zero attached hydrogens (tertiary/aromatic N) is 4. The average molecular weight is 326 g/mol. The lowest BCUT2D eigenvalue weighted by atomic mass is 10.2. The predicted molar refractivity (Wildman–Crippen MR) is 85.1 cm³/mol. The molecule has 0 radical (unpaired) electrons. The van der Waals surface area contributed by atoms with Gasteiger partial charge in [-0.1, -0.05) is 12.1 Å². The van der Waals surface area contributed by atoms with Gasteiger partial charge < -0.3 is 4.74 Å². The van der Waals surface area contributed by atoms with Crippen LogP contribution in [0.15, 0.2) is 36.5 Å². The van der Waals surface area contributed by atoms with Crippen LogP contribution in [0.3, 0.4) is 0 Å². The quantitative estimate of drug-likeness (QED) is 0.687. The van der Waals surface area contributed by atoms with Gasteiger partial charge in [0, 0.05) is 6.07 Å². The number of para-hydroxylation sites is 1. The fourth-order valence-corrected chi connectivity index (χ4v) is 2.31. The van der Waals surface area contributed by atoms with E-state index in [2.05, 4.69) is 15.1 Å². The molecule has 2 aromatic heterocycles. The summed E-state index contributed by atoms with van der Waals surface area (Å²) < 4.78 is 20.8. The predicted octanol–water partition coefficient (Wildman–Crippen LogP) is 3.41. The van der Waals surface area contributed by atoms with Crippen molar-refractivity contribution in [1.82, 2.24) is 19.7 Å². The summed E-state index contributed by atoms with van der Waals surface area (Å²) in [6.07, 6.45) is 1.49. The van der Waals surface area contributed by atoms with Crippen molar-refractivity contribution in [2.45, 2.75) is 20.8 Å². The first-order valence-corrected chi connectivity index (χ1v) is 7.29. The number of benzene rings is 1. The Kier molecular flexibility index (Phi) is 4.07. The number of aromatic nitrogens is 4. The van der Waals surface area contributed by atoms with Gasteiger partial charge >= 0.3 is 0 Å². The van der Waals surface area contributed by atoms with E-state index in [0.717, 1.165) is 0 Å². The number of hydrogen-bond acceptors (Lipinski definition) is 5. The summed E-state index contributed by atoms with van der Waals surface area (Å²) in [7, 11) is 0. The smallest absolute Gasteiger partial charge is 0.224 e. The molecule has 0 saturated heterocycles. The minimum atomic E-state index is -0.482. The van der Waals surface area contributed by atoms with Gasteiger partial charge in [0.2, 0.25) is 5.88 Å². The molecule has 3 aromatic rings. The van der Waals surface area contributed by atoms with Crippen LogP contribution in [0.5, 0.6) is 11.6 Å². The lowest BCUT2D eigenvalue weighted by molar-refractivity contribution is 0.101. The van der Waals surface area contributed by atoms with E-state index in [1.54, 1.807) is 32.0 Å². The zero-order valence-corrected chi connectivity index (χ0v) is 13.4. The molecule has 6 nitrogen and oxygen atoms in total. The number of aryl methyl sites for hydroxylation is 1. The first-order valence-electron chi connectivity index (χ1n) is 7.29. The van der Waals surface area contributed by atoms with Gasteiger partial charge in [0.1, 0.15) is 5.82 Å². The summed E-state index contributed by atoms with van der Waals surface area (Å²) in [5.41, 5.74) is 1.18. The van der Waals surface area contributed by atoms with Crippen molar-refractivity contribution in [2.75, 3.05) is 0 Å². The number of halogens is 1. The van der Waals surface area contributed by atoms with Gasteiger partial charge in [-0.05, 0) is 32.9 Å². The SMILES string of the molecule is CC(=O)c1cnn(-c2cc(Oc3ccccc3F)nc(C)n2)c1C. The largest absolute Gasteiger partial charge is 0.436 e. The summed E-state index contributed by atoms with van der Waals surface area (Å²) in [6.45, 7) is 4.95. The van der Waals surface area contributed by atoms with E-state index < -0.39 is 5.82 Å². The highest BCUT2D eigenvalue weighted by Crippen LogP contribution is 2.24. The lowest BCUT2D eigenvalue weighted by Crippen LogP contribution is -2.06. The molecule has 3 rings (SSSR count). The van der Waals surface area contributed by atoms with Crippen molar-refractivity contribution in [1.29, 1.82) is 0 Å². The second kappa shape index (κ2) is 6.19. The number of carbonyl (C=O) groups excluding carboxylic acids is 1. The number of ether oxygens (including phenoxy) is 1. The average Bonchev–Trinajstić information content (AvgIpc) is 2.91. The van der Waals surface area contributed by atoms with Gasteiger partial charge in [0.25, 0.3) is 0 Å². The van der Waals surface area contributed by atoms with E-state index in [-0.39, 0.29) is 17.4 Å². The fourth-order valence-electron chi connectivity index (χ4n) is 2.31. The molecule has 0 aliphatic rings. The van der Waals surface area contributed by atoms with Crippen LogP contribution in [-0.4, -0.2) is 25.5 Å². The van der Waals surface area contributed by atoms with E-state index in [9.17, 15) is 9.18 Å². The molecule has 2 heterocycles. The molecule has 0 atom stereocenters. The Bertz CT molecular complexity index is 921. The van der Waals surface area contributed by atoms with Crippen LogP contribution in [0.4, 0.5) is 4.39 Å². The number of Topliss-reactive ketones (excluding diaryl/α,β-unsaturated/α-hetero) is 1. The maximum atomic E-state index is 13.7. The van der Waals surface area contributed by atoms with Crippen LogP contribution in [0.1, 0.15) is 28.8 Å². The molecule has 0 N–H and O–H groups in total. The molecule has 0 aliphatic carbocycles. The second-order valence-electron chi connectivity index (χ2n) is 5.26. The molecular formula is C17H15FN4O2. The monoisotopic (exact) mass is 326 g/mol. The van der Waals surface area contributed by atoms with E-state index in [1.165, 1.54) is 29.9 Å². The molecule has 0 saturated carbocycles. The van der Waals surface area contributed by atoms with Crippen LogP contribution in [0.25, 0.3) is 5.82 Å². The highest BCUT2D eigenvalue weighted by molar-refractivity contribution is 5.94. The first kappa shape index (κ1) is 15.8. The molecule has 1 aromatic carbocycles. The summed E-state index contributed by atoms with van der Waals surface area (Å²) in [4.78, 5) is 20.0. The summed E-state index contributed by atoms with van der Waals surface area (Å²) >= 11 is 0.